The molecule has 3 rings (SSSR count). The molecule has 8 nitrogen and oxygen atoms in total. The number of aromatic nitrogens is 3. The molecular weight excluding hydrogens is 312 g/mol. The molecule has 0 bridgehead atoms. The van der Waals surface area contributed by atoms with Gasteiger partial charge in [0.15, 0.2) is 12.3 Å². The molecule has 3 aromatic rings. The number of rotatable bonds is 6. The summed E-state index contributed by atoms with van der Waals surface area (Å²) in [6, 6.07) is 10.8. The van der Waals surface area contributed by atoms with Crippen LogP contribution in [0.25, 0.3) is 5.65 Å². The molecule has 0 aliphatic rings. The van der Waals surface area contributed by atoms with Crippen LogP contribution in [0.5, 0.6) is 17.5 Å². The van der Waals surface area contributed by atoms with Gasteiger partial charge in [-0.25, -0.2) is 0 Å². The smallest absolute Gasteiger partial charge is 0.322 e. The summed E-state index contributed by atoms with van der Waals surface area (Å²) in [4.78, 5) is 12.1. The zero-order valence-electron chi connectivity index (χ0n) is 13.2. The molecule has 1 aromatic carbocycles. The van der Waals surface area contributed by atoms with Gasteiger partial charge < -0.3 is 19.5 Å². The lowest BCUT2D eigenvalue weighted by Crippen LogP contribution is -2.20. The molecule has 0 fully saturated rings. The van der Waals surface area contributed by atoms with Gasteiger partial charge in [-0.2, -0.15) is 0 Å². The number of ether oxygens (including phenoxy) is 3. The molecule has 0 atom stereocenters. The fourth-order valence-corrected chi connectivity index (χ4v) is 2.12. The molecule has 0 saturated carbocycles. The highest BCUT2D eigenvalue weighted by atomic mass is 16.5. The second-order valence-electron chi connectivity index (χ2n) is 4.85. The fourth-order valence-electron chi connectivity index (χ4n) is 2.12. The van der Waals surface area contributed by atoms with E-state index < -0.39 is 0 Å². The maximum Gasteiger partial charge on any atom is 0.322 e. The number of carbonyl (C=O) groups excluding carboxylic acids is 1. The molecule has 1 amide bonds. The quantitative estimate of drug-likeness (QED) is 0.742. The third-order valence-electron chi connectivity index (χ3n) is 3.25. The number of nitrogens with zero attached hydrogens (tertiary/aromatic N) is 3. The van der Waals surface area contributed by atoms with Crippen LogP contribution in [0.4, 0.5) is 5.69 Å². The summed E-state index contributed by atoms with van der Waals surface area (Å²) in [6.07, 6.45) is 1.76. The average Bonchev–Trinajstić information content (AvgIpc) is 3.02. The van der Waals surface area contributed by atoms with Crippen LogP contribution in [0.15, 0.2) is 42.6 Å². The Kier molecular flexibility index (Phi) is 4.46. The summed E-state index contributed by atoms with van der Waals surface area (Å²) in [5.41, 5.74) is 1.19. The number of anilines is 1. The molecule has 8 heteroatoms. The highest BCUT2D eigenvalue weighted by Gasteiger charge is 2.10. The molecular formula is C16H16N4O4. The Morgan fingerprint density at radius 2 is 1.88 bits per heavy atom. The van der Waals surface area contributed by atoms with Crippen molar-refractivity contribution in [2.45, 2.75) is 0 Å². The van der Waals surface area contributed by atoms with E-state index in [4.69, 9.17) is 14.2 Å². The van der Waals surface area contributed by atoms with Gasteiger partial charge in [-0.05, 0) is 12.1 Å². The van der Waals surface area contributed by atoms with Crippen molar-refractivity contribution >= 4 is 17.2 Å². The minimum atomic E-state index is -0.335. The van der Waals surface area contributed by atoms with Gasteiger partial charge in [0.2, 0.25) is 0 Å². The molecule has 0 saturated heterocycles. The van der Waals surface area contributed by atoms with Gasteiger partial charge in [-0.15, -0.1) is 5.10 Å². The van der Waals surface area contributed by atoms with Crippen LogP contribution in [-0.2, 0) is 4.79 Å². The van der Waals surface area contributed by atoms with Gasteiger partial charge in [0.05, 0.1) is 14.2 Å². The molecule has 24 heavy (non-hydrogen) atoms. The summed E-state index contributed by atoms with van der Waals surface area (Å²) >= 11 is 0. The average molecular weight is 328 g/mol. The van der Waals surface area contributed by atoms with Crippen molar-refractivity contribution in [1.82, 2.24) is 14.6 Å². The SMILES string of the molecule is COc1cc(NC(=O)COc2nnc3ccccn23)cc(OC)c1. The van der Waals surface area contributed by atoms with Gasteiger partial charge >= 0.3 is 6.01 Å². The fraction of sp³-hybridized carbons (Fsp3) is 0.188. The first-order chi connectivity index (χ1) is 11.7. The lowest BCUT2D eigenvalue weighted by atomic mass is 10.2. The Labute approximate surface area is 138 Å². The number of nitrogens with one attached hydrogen (secondary N) is 1. The summed E-state index contributed by atoms with van der Waals surface area (Å²) in [7, 11) is 3.08. The molecule has 2 aromatic heterocycles. The molecule has 0 radical (unpaired) electrons. The van der Waals surface area contributed by atoms with Crippen molar-refractivity contribution in [3.8, 4) is 17.5 Å². The Hall–Kier alpha value is -3.29. The number of benzene rings is 1. The van der Waals surface area contributed by atoms with Gasteiger partial charge in [0.25, 0.3) is 5.91 Å². The van der Waals surface area contributed by atoms with E-state index in [9.17, 15) is 4.79 Å². The third-order valence-corrected chi connectivity index (χ3v) is 3.25. The van der Waals surface area contributed by atoms with Crippen LogP contribution in [-0.4, -0.2) is 41.3 Å². The van der Waals surface area contributed by atoms with E-state index in [1.807, 2.05) is 12.1 Å². The first-order valence-electron chi connectivity index (χ1n) is 7.15. The van der Waals surface area contributed by atoms with Crippen molar-refractivity contribution < 1.29 is 19.0 Å². The minimum absolute atomic E-state index is 0.199. The summed E-state index contributed by atoms with van der Waals surface area (Å²) in [5.74, 6) is 0.820. The maximum absolute atomic E-state index is 12.1. The van der Waals surface area contributed by atoms with Crippen molar-refractivity contribution in [1.29, 1.82) is 0 Å². The van der Waals surface area contributed by atoms with Crippen molar-refractivity contribution in [3.05, 3.63) is 42.6 Å². The van der Waals surface area contributed by atoms with E-state index in [0.29, 0.717) is 22.8 Å². The predicted octanol–water partition coefficient (Wildman–Crippen LogP) is 1.76. The second kappa shape index (κ2) is 6.86. The molecule has 0 aliphatic carbocycles. The Morgan fingerprint density at radius 1 is 1.12 bits per heavy atom. The van der Waals surface area contributed by atoms with E-state index >= 15 is 0 Å². The molecule has 0 spiro atoms. The van der Waals surface area contributed by atoms with Crippen LogP contribution < -0.4 is 19.5 Å². The normalized spacial score (nSPS) is 10.4. The van der Waals surface area contributed by atoms with E-state index in [-0.39, 0.29) is 18.5 Å². The Bertz CT molecular complexity index is 840. The summed E-state index contributed by atoms with van der Waals surface area (Å²) in [6.45, 7) is -0.199. The van der Waals surface area contributed by atoms with Gasteiger partial charge in [-0.3, -0.25) is 9.20 Å². The summed E-state index contributed by atoms with van der Waals surface area (Å²) in [5, 5.41) is 10.6. The standard InChI is InChI=1S/C16H16N4O4/c1-22-12-7-11(8-13(9-12)23-2)17-15(21)10-24-16-19-18-14-5-3-4-6-20(14)16/h3-9H,10H2,1-2H3,(H,17,21). The van der Waals surface area contributed by atoms with Gasteiger partial charge in [-0.1, -0.05) is 11.2 Å². The first-order valence-corrected chi connectivity index (χ1v) is 7.15. The van der Waals surface area contributed by atoms with Crippen LogP contribution >= 0.6 is 0 Å². The van der Waals surface area contributed by atoms with E-state index in [0.717, 1.165) is 0 Å². The summed E-state index contributed by atoms with van der Waals surface area (Å²) < 4.78 is 17.4. The largest absolute Gasteiger partial charge is 0.497 e. The second-order valence-corrected chi connectivity index (χ2v) is 4.85. The topological polar surface area (TPSA) is 87.0 Å². The minimum Gasteiger partial charge on any atom is -0.497 e. The predicted molar refractivity (Wildman–Crippen MR) is 86.7 cm³/mol. The lowest BCUT2D eigenvalue weighted by Gasteiger charge is -2.10. The highest BCUT2D eigenvalue weighted by Crippen LogP contribution is 2.25. The van der Waals surface area contributed by atoms with Crippen LogP contribution in [0.3, 0.4) is 0 Å². The van der Waals surface area contributed by atoms with Gasteiger partial charge in [0, 0.05) is 30.1 Å². The number of pyridine rings is 1. The van der Waals surface area contributed by atoms with Crippen LogP contribution in [0.1, 0.15) is 0 Å². The highest BCUT2D eigenvalue weighted by molar-refractivity contribution is 5.92. The number of hydrogen-bond acceptors (Lipinski definition) is 6. The van der Waals surface area contributed by atoms with E-state index in [2.05, 4.69) is 15.5 Å². The molecule has 0 unspecified atom stereocenters. The monoisotopic (exact) mass is 328 g/mol. The number of hydrogen-bond donors (Lipinski definition) is 1. The van der Waals surface area contributed by atoms with Gasteiger partial charge in [0.1, 0.15) is 11.5 Å². The van der Waals surface area contributed by atoms with E-state index in [1.54, 1.807) is 49.1 Å². The number of methoxy groups -OCH3 is 2. The molecule has 124 valence electrons. The van der Waals surface area contributed by atoms with Crippen molar-refractivity contribution in [2.24, 2.45) is 0 Å². The molecule has 0 aliphatic heterocycles. The molecule has 1 N–H and O–H groups in total. The van der Waals surface area contributed by atoms with Crippen LogP contribution in [0.2, 0.25) is 0 Å². The zero-order valence-corrected chi connectivity index (χ0v) is 13.2. The van der Waals surface area contributed by atoms with Crippen molar-refractivity contribution in [2.75, 3.05) is 26.1 Å². The first kappa shape index (κ1) is 15.6. The Balaban J connectivity index is 1.65. The van der Waals surface area contributed by atoms with E-state index in [1.165, 1.54) is 0 Å². The van der Waals surface area contributed by atoms with Crippen molar-refractivity contribution in [3.63, 3.8) is 0 Å². The molecule has 2 heterocycles. The number of fused-ring (bicyclic) bond motifs is 1. The number of carbonyl (C=O) groups is 1. The third kappa shape index (κ3) is 3.37. The maximum atomic E-state index is 12.1. The lowest BCUT2D eigenvalue weighted by molar-refractivity contribution is -0.118. The Morgan fingerprint density at radius 3 is 2.58 bits per heavy atom. The number of amides is 1. The van der Waals surface area contributed by atoms with Crippen LogP contribution in [0, 0.1) is 0 Å². The zero-order chi connectivity index (χ0) is 16.9.